The van der Waals surface area contributed by atoms with Crippen molar-refractivity contribution in [2.24, 2.45) is 0 Å². The zero-order valence-electron chi connectivity index (χ0n) is 23.5. The van der Waals surface area contributed by atoms with E-state index < -0.39 is 75.2 Å². The van der Waals surface area contributed by atoms with Gasteiger partial charge in [-0.3, -0.25) is 28.0 Å². The van der Waals surface area contributed by atoms with E-state index in [1.54, 1.807) is 4.57 Å². The van der Waals surface area contributed by atoms with Crippen LogP contribution in [-0.2, 0) is 27.8 Å². The Bertz CT molecular complexity index is 1560. The Kier molecular flexibility index (Phi) is 9.70. The minimum Gasteiger partial charge on any atom is -0.394 e. The second-order valence-corrected chi connectivity index (χ2v) is 11.9. The zero-order chi connectivity index (χ0) is 30.7. The third kappa shape index (κ3) is 6.57. The number of ether oxygens (including phenoxy) is 3. The Balaban J connectivity index is 1.31. The van der Waals surface area contributed by atoms with Gasteiger partial charge in [-0.05, 0) is 6.42 Å². The fraction of sp³-hybridized carbons (Fsp3) is 0.625. The quantitative estimate of drug-likeness (QED) is 0.118. The van der Waals surface area contributed by atoms with Crippen LogP contribution in [0.25, 0.3) is 11.2 Å². The highest BCUT2D eigenvalue weighted by molar-refractivity contribution is 7.51. The van der Waals surface area contributed by atoms with Crippen LogP contribution in [0.15, 0.2) is 34.5 Å². The molecule has 0 radical (unpaired) electrons. The highest BCUT2D eigenvalue weighted by Crippen LogP contribution is 2.49. The molecular formula is C24H35N8O10P. The van der Waals surface area contributed by atoms with E-state index in [1.807, 2.05) is 6.92 Å². The average molecular weight is 627 g/mol. The molecule has 2 saturated heterocycles. The lowest BCUT2D eigenvalue weighted by Gasteiger charge is -2.26. The van der Waals surface area contributed by atoms with E-state index in [9.17, 15) is 24.4 Å². The number of aromatic amines is 1. The molecule has 236 valence electrons. The SMILES string of the molecule is CCCCNP(=O)(OC[C@H]1O[C@@H](n2ccc(=O)[nH]c2=O)[C@H](OC)[C@@H]1O)O[C@H]1C[C@H](n2cnc3c(N)ncnc32)O[C@@H]1CO. The van der Waals surface area contributed by atoms with E-state index in [1.165, 1.54) is 26.0 Å². The van der Waals surface area contributed by atoms with Crippen LogP contribution in [0.2, 0.25) is 0 Å². The summed E-state index contributed by atoms with van der Waals surface area (Å²) in [5.74, 6) is 0.200. The number of aliphatic hydroxyl groups excluding tert-OH is 2. The molecule has 1 unspecified atom stereocenters. The molecular weight excluding hydrogens is 591 g/mol. The number of anilines is 1. The van der Waals surface area contributed by atoms with Crippen LogP contribution in [0.4, 0.5) is 5.82 Å². The van der Waals surface area contributed by atoms with Crippen molar-refractivity contribution in [1.82, 2.24) is 34.2 Å². The molecule has 5 rings (SSSR count). The van der Waals surface area contributed by atoms with Crippen LogP contribution < -0.4 is 22.1 Å². The fourth-order valence-electron chi connectivity index (χ4n) is 5.05. The second-order valence-electron chi connectivity index (χ2n) is 10.1. The summed E-state index contributed by atoms with van der Waals surface area (Å²) < 4.78 is 45.7. The molecule has 18 nitrogen and oxygen atoms in total. The van der Waals surface area contributed by atoms with Gasteiger partial charge in [-0.2, -0.15) is 0 Å². The topological polar surface area (TPSA) is 240 Å². The Morgan fingerprint density at radius 1 is 1.23 bits per heavy atom. The summed E-state index contributed by atoms with van der Waals surface area (Å²) in [5, 5.41) is 23.8. The van der Waals surface area contributed by atoms with Crippen molar-refractivity contribution in [3.63, 3.8) is 0 Å². The Labute approximate surface area is 244 Å². The molecule has 0 amide bonds. The molecule has 0 aliphatic carbocycles. The highest BCUT2D eigenvalue weighted by Gasteiger charge is 2.47. The second kappa shape index (κ2) is 13.3. The normalized spacial score (nSPS) is 28.9. The number of nitrogens with two attached hydrogens (primary N) is 1. The molecule has 5 heterocycles. The molecule has 0 spiro atoms. The first-order chi connectivity index (χ1) is 20.7. The van der Waals surface area contributed by atoms with Crippen molar-refractivity contribution in [2.45, 2.75) is 69.2 Å². The number of nitrogens with zero attached hydrogens (tertiary/aromatic N) is 5. The molecule has 6 N–H and O–H groups in total. The summed E-state index contributed by atoms with van der Waals surface area (Å²) in [6.45, 7) is 1.41. The average Bonchev–Trinajstić information content (AvgIpc) is 3.67. The number of hydrogen-bond donors (Lipinski definition) is 5. The van der Waals surface area contributed by atoms with E-state index in [0.29, 0.717) is 24.1 Å². The summed E-state index contributed by atoms with van der Waals surface area (Å²) >= 11 is 0. The minimum absolute atomic E-state index is 0.162. The number of methoxy groups -OCH3 is 1. The van der Waals surface area contributed by atoms with Crippen molar-refractivity contribution < 1.29 is 38.0 Å². The number of rotatable bonds is 13. The predicted octanol–water partition coefficient (Wildman–Crippen LogP) is -0.589. The van der Waals surface area contributed by atoms with Gasteiger partial charge in [-0.25, -0.2) is 29.4 Å². The van der Waals surface area contributed by atoms with E-state index in [-0.39, 0.29) is 12.2 Å². The van der Waals surface area contributed by atoms with Gasteiger partial charge in [0.2, 0.25) is 0 Å². The highest BCUT2D eigenvalue weighted by atomic mass is 31.2. The molecule has 0 bridgehead atoms. The lowest BCUT2D eigenvalue weighted by molar-refractivity contribution is -0.0634. The number of unbranched alkanes of at least 4 members (excludes halogenated alkanes) is 1. The molecule has 43 heavy (non-hydrogen) atoms. The molecule has 3 aromatic rings. The Morgan fingerprint density at radius 2 is 2.05 bits per heavy atom. The van der Waals surface area contributed by atoms with Crippen molar-refractivity contribution >= 4 is 24.7 Å². The number of nitrogen functional groups attached to an aromatic ring is 1. The summed E-state index contributed by atoms with van der Waals surface area (Å²) in [5.41, 5.74) is 5.36. The van der Waals surface area contributed by atoms with E-state index in [0.717, 1.165) is 17.1 Å². The monoisotopic (exact) mass is 626 g/mol. The largest absolute Gasteiger partial charge is 0.405 e. The van der Waals surface area contributed by atoms with E-state index in [2.05, 4.69) is 25.0 Å². The maximum Gasteiger partial charge on any atom is 0.405 e. The van der Waals surface area contributed by atoms with Gasteiger partial charge in [-0.15, -0.1) is 0 Å². The molecule has 0 aromatic carbocycles. The van der Waals surface area contributed by atoms with Gasteiger partial charge in [0.25, 0.3) is 5.56 Å². The number of fused-ring (bicyclic) bond motifs is 1. The Hall–Kier alpha value is -3.06. The predicted molar refractivity (Wildman–Crippen MR) is 149 cm³/mol. The number of aromatic nitrogens is 6. The third-order valence-corrected chi connectivity index (χ3v) is 8.93. The Morgan fingerprint density at radius 3 is 2.77 bits per heavy atom. The standard InChI is InChI=1S/C24H35N8O10P/c1-3-4-6-29-43(37,39-10-15-19(35)20(38-2)23(41-15)31-7-5-16(34)30-24(31)36)42-13-8-17(40-14(13)9-33)32-12-28-18-21(25)26-11-27-22(18)32/h5,7,11-15,17,19-20,23,33,35H,3-4,6,8-10H2,1-2H3,(H,29,37)(H2,25,26,27)(H,30,34,36)/t13-,14+,15+,17+,19+,20+,23+,43?/m0/s1. The lowest BCUT2D eigenvalue weighted by atomic mass is 10.1. The van der Waals surface area contributed by atoms with Crippen LogP contribution in [0.1, 0.15) is 38.6 Å². The lowest BCUT2D eigenvalue weighted by Crippen LogP contribution is -2.39. The van der Waals surface area contributed by atoms with Crippen LogP contribution in [-0.4, -0.2) is 96.7 Å². The first kappa shape index (κ1) is 31.4. The van der Waals surface area contributed by atoms with Crippen molar-refractivity contribution in [1.29, 1.82) is 0 Å². The molecule has 2 aliphatic rings. The third-order valence-electron chi connectivity index (χ3n) is 7.29. The summed E-state index contributed by atoms with van der Waals surface area (Å²) in [4.78, 5) is 38.4. The maximum absolute atomic E-state index is 14.0. The molecule has 19 heteroatoms. The summed E-state index contributed by atoms with van der Waals surface area (Å²) in [7, 11) is -2.75. The van der Waals surface area contributed by atoms with Crippen LogP contribution in [0, 0.1) is 0 Å². The minimum atomic E-state index is -4.08. The van der Waals surface area contributed by atoms with Gasteiger partial charge >= 0.3 is 13.4 Å². The van der Waals surface area contributed by atoms with Crippen LogP contribution >= 0.6 is 7.75 Å². The van der Waals surface area contributed by atoms with Crippen molar-refractivity contribution in [3.05, 3.63) is 45.8 Å². The number of imidazole rings is 1. The van der Waals surface area contributed by atoms with Crippen molar-refractivity contribution in [3.8, 4) is 0 Å². The first-order valence-electron chi connectivity index (χ1n) is 13.7. The van der Waals surface area contributed by atoms with E-state index in [4.69, 9.17) is 29.0 Å². The van der Waals surface area contributed by atoms with E-state index >= 15 is 0 Å². The molecule has 3 aromatic heterocycles. The van der Waals surface area contributed by atoms with Crippen molar-refractivity contribution in [2.75, 3.05) is 32.6 Å². The summed E-state index contributed by atoms with van der Waals surface area (Å²) in [6.07, 6.45) is -1.25. The van der Waals surface area contributed by atoms with Crippen LogP contribution in [0.5, 0.6) is 0 Å². The van der Waals surface area contributed by atoms with Gasteiger partial charge in [0.05, 0.1) is 19.5 Å². The molecule has 0 saturated carbocycles. The number of nitrogens with one attached hydrogen (secondary N) is 2. The van der Waals surface area contributed by atoms with Gasteiger partial charge in [0.15, 0.2) is 17.7 Å². The van der Waals surface area contributed by atoms with Gasteiger partial charge in [0.1, 0.15) is 48.6 Å². The first-order valence-corrected chi connectivity index (χ1v) is 15.3. The smallest absolute Gasteiger partial charge is 0.394 e. The number of aliphatic hydroxyl groups is 2. The van der Waals surface area contributed by atoms with Gasteiger partial charge < -0.3 is 30.2 Å². The van der Waals surface area contributed by atoms with Gasteiger partial charge in [-0.1, -0.05) is 13.3 Å². The number of H-pyrrole nitrogens is 1. The zero-order valence-corrected chi connectivity index (χ0v) is 24.4. The fourth-order valence-corrected chi connectivity index (χ4v) is 6.63. The van der Waals surface area contributed by atoms with Crippen LogP contribution in [0.3, 0.4) is 0 Å². The molecule has 2 aliphatic heterocycles. The van der Waals surface area contributed by atoms with Gasteiger partial charge in [0, 0.05) is 32.3 Å². The summed E-state index contributed by atoms with van der Waals surface area (Å²) in [6, 6.07) is 1.14. The number of hydrogen-bond acceptors (Lipinski definition) is 14. The molecule has 2 fully saturated rings. The molecule has 8 atom stereocenters. The maximum atomic E-state index is 14.0.